The van der Waals surface area contributed by atoms with Gasteiger partial charge in [-0.05, 0) is 116 Å². The fraction of sp³-hybridized carbons (Fsp3) is 0.569. The van der Waals surface area contributed by atoms with Gasteiger partial charge in [0.1, 0.15) is 18.8 Å². The van der Waals surface area contributed by atoms with Gasteiger partial charge in [0.15, 0.2) is 24.6 Å². The molecule has 1 rings (SSSR count). The molecule has 77 heavy (non-hydrogen) atoms. The van der Waals surface area contributed by atoms with Crippen LogP contribution in [-0.4, -0.2) is 89.2 Å². The molecular weight excluding hydrogens is 973 g/mol. The maximum atomic E-state index is 13.1. The van der Waals surface area contributed by atoms with Crippen LogP contribution in [0.15, 0.2) is 146 Å². The Kier molecular flexibility index (Phi) is 46.4. The van der Waals surface area contributed by atoms with E-state index in [0.29, 0.717) is 32.1 Å². The molecule has 3 N–H and O–H groups in total. The number of carboxylic acids is 1. The number of allylic oxidation sites excluding steroid dienone is 24. The molecule has 0 aliphatic carbocycles. The van der Waals surface area contributed by atoms with E-state index in [1.54, 1.807) is 0 Å². The molecule has 12 nitrogen and oxygen atoms in total. The smallest absolute Gasteiger partial charge is 0.335 e. The van der Waals surface area contributed by atoms with E-state index in [9.17, 15) is 34.5 Å². The van der Waals surface area contributed by atoms with Crippen LogP contribution in [0.1, 0.15) is 188 Å². The molecule has 12 heteroatoms. The fourth-order valence-electron chi connectivity index (χ4n) is 7.53. The van der Waals surface area contributed by atoms with Crippen molar-refractivity contribution in [3.63, 3.8) is 0 Å². The van der Waals surface area contributed by atoms with E-state index in [1.807, 2.05) is 24.3 Å². The van der Waals surface area contributed by atoms with E-state index in [4.69, 9.17) is 23.7 Å². The van der Waals surface area contributed by atoms with Crippen molar-refractivity contribution in [1.29, 1.82) is 0 Å². The summed E-state index contributed by atoms with van der Waals surface area (Å²) in [6.07, 6.45) is 61.3. The first-order valence-corrected chi connectivity index (χ1v) is 28.8. The van der Waals surface area contributed by atoms with Crippen molar-refractivity contribution in [3.05, 3.63) is 146 Å². The van der Waals surface area contributed by atoms with E-state index in [0.717, 1.165) is 103 Å². The molecule has 0 amide bonds. The molecule has 0 aromatic heterocycles. The zero-order valence-corrected chi connectivity index (χ0v) is 47.1. The van der Waals surface area contributed by atoms with Gasteiger partial charge < -0.3 is 39.0 Å². The maximum absolute atomic E-state index is 13.1. The Morgan fingerprint density at radius 1 is 0.442 bits per heavy atom. The van der Waals surface area contributed by atoms with Crippen molar-refractivity contribution in [2.24, 2.45) is 0 Å². The Balaban J connectivity index is 2.77. The Morgan fingerprint density at radius 2 is 0.857 bits per heavy atom. The number of ether oxygens (including phenoxy) is 5. The molecular formula is C65H98O12. The Morgan fingerprint density at radius 3 is 1.35 bits per heavy atom. The van der Waals surface area contributed by atoms with Crippen LogP contribution in [-0.2, 0) is 42.9 Å². The van der Waals surface area contributed by atoms with Crippen molar-refractivity contribution in [1.82, 2.24) is 0 Å². The third-order valence-corrected chi connectivity index (χ3v) is 11.9. The minimum Gasteiger partial charge on any atom is -0.479 e. The number of carbonyl (C=O) groups excluding carboxylic acids is 3. The highest BCUT2D eigenvalue weighted by Crippen LogP contribution is 2.26. The first-order chi connectivity index (χ1) is 37.6. The summed E-state index contributed by atoms with van der Waals surface area (Å²) in [5, 5.41) is 31.4. The van der Waals surface area contributed by atoms with Crippen LogP contribution in [0.5, 0.6) is 0 Å². The van der Waals surface area contributed by atoms with Gasteiger partial charge in [-0.25, -0.2) is 4.79 Å². The predicted octanol–water partition coefficient (Wildman–Crippen LogP) is 14.8. The molecule has 0 aromatic rings. The number of rotatable bonds is 46. The van der Waals surface area contributed by atoms with Gasteiger partial charge in [0.05, 0.1) is 6.61 Å². The molecule has 0 radical (unpaired) electrons. The summed E-state index contributed by atoms with van der Waals surface area (Å²) >= 11 is 0. The molecule has 6 atom stereocenters. The van der Waals surface area contributed by atoms with E-state index >= 15 is 0 Å². The molecule has 0 saturated carbocycles. The lowest BCUT2D eigenvalue weighted by Crippen LogP contribution is -2.61. The van der Waals surface area contributed by atoms with Crippen LogP contribution in [0.3, 0.4) is 0 Å². The van der Waals surface area contributed by atoms with Gasteiger partial charge in [-0.3, -0.25) is 14.4 Å². The largest absolute Gasteiger partial charge is 0.479 e. The second-order valence-electron chi connectivity index (χ2n) is 18.8. The summed E-state index contributed by atoms with van der Waals surface area (Å²) in [5.74, 6) is -3.35. The average Bonchev–Trinajstić information content (AvgIpc) is 3.41. The van der Waals surface area contributed by atoms with Crippen LogP contribution in [0.2, 0.25) is 0 Å². The SMILES string of the molecule is CC/C=C\C/C=C\C/C=C\C/C=C\C/C=C\C/C=C\CCC(=O)OCC(COC1OC(C(=O)O)C(O)C(O)C1OC(=O)CCC/C=C\C/C=C\C/C=C\C/C=C\C/C=C\CC)OC(=O)CCCCCCC/C=C\CCCC. The van der Waals surface area contributed by atoms with Gasteiger partial charge in [-0.2, -0.15) is 0 Å². The maximum Gasteiger partial charge on any atom is 0.335 e. The van der Waals surface area contributed by atoms with Crippen LogP contribution >= 0.6 is 0 Å². The third-order valence-electron chi connectivity index (χ3n) is 11.9. The number of esters is 3. The summed E-state index contributed by atoms with van der Waals surface area (Å²) in [7, 11) is 0. The zero-order chi connectivity index (χ0) is 56.1. The lowest BCUT2D eigenvalue weighted by atomic mass is 9.98. The van der Waals surface area contributed by atoms with Crippen molar-refractivity contribution in [2.45, 2.75) is 225 Å². The topological polar surface area (TPSA) is 175 Å². The van der Waals surface area contributed by atoms with Gasteiger partial charge in [0.25, 0.3) is 0 Å². The van der Waals surface area contributed by atoms with Crippen LogP contribution in [0.4, 0.5) is 0 Å². The zero-order valence-electron chi connectivity index (χ0n) is 47.1. The highest BCUT2D eigenvalue weighted by atomic mass is 16.7. The van der Waals surface area contributed by atoms with Crippen LogP contribution in [0.25, 0.3) is 0 Å². The van der Waals surface area contributed by atoms with Crippen LogP contribution in [0, 0.1) is 0 Å². The number of unbranched alkanes of at least 4 members (excludes halogenated alkanes) is 8. The van der Waals surface area contributed by atoms with E-state index < -0.39 is 67.3 Å². The summed E-state index contributed by atoms with van der Waals surface area (Å²) in [5.41, 5.74) is 0. The quantitative estimate of drug-likeness (QED) is 0.0228. The second kappa shape index (κ2) is 51.4. The van der Waals surface area contributed by atoms with Crippen molar-refractivity contribution >= 4 is 23.9 Å². The highest BCUT2D eigenvalue weighted by molar-refractivity contribution is 5.74. The Labute approximate surface area is 463 Å². The predicted molar refractivity (Wildman–Crippen MR) is 312 cm³/mol. The van der Waals surface area contributed by atoms with Crippen molar-refractivity contribution in [3.8, 4) is 0 Å². The fourth-order valence-corrected chi connectivity index (χ4v) is 7.53. The number of aliphatic hydroxyl groups is 2. The lowest BCUT2D eigenvalue weighted by molar-refractivity contribution is -0.301. The monoisotopic (exact) mass is 1070 g/mol. The molecule has 0 spiro atoms. The minimum atomic E-state index is -1.94. The van der Waals surface area contributed by atoms with Gasteiger partial charge in [0.2, 0.25) is 0 Å². The highest BCUT2D eigenvalue weighted by Gasteiger charge is 2.50. The lowest BCUT2D eigenvalue weighted by Gasteiger charge is -2.40. The van der Waals surface area contributed by atoms with E-state index in [1.165, 1.54) is 12.8 Å². The standard InChI is InChI=1S/C65H98O12/c1-4-7-10-13-16-19-22-24-26-28-29-31-32-34-37-39-42-45-48-51-57(66)73-54-56(75-58(67)52-49-46-43-40-36-21-18-15-12-9-6-3)55-74-65-63(61(70)60(69)62(77-65)64(71)72)76-59(68)53-50-47-44-41-38-35-33-30-27-25-23-20-17-14-11-8-5-2/h7-8,10-11,15-20,24-27,29,31,33-35,37,41-42,44-45,56,60-63,65,69-70H,4-6,9,12-14,21-23,28,30,32,36,38-40,43,46-55H2,1-3H3,(H,71,72)/b10-7-,11-8-,18-15-,19-16-,20-17-,26-24-,27-25-,31-29-,35-33-,37-34-,44-41-,45-42-. The van der Waals surface area contributed by atoms with Crippen molar-refractivity contribution in [2.75, 3.05) is 13.2 Å². The first kappa shape index (κ1) is 69.6. The summed E-state index contributed by atoms with van der Waals surface area (Å²) in [4.78, 5) is 51.0. The number of hydrogen-bond donors (Lipinski definition) is 3. The summed E-state index contributed by atoms with van der Waals surface area (Å²) in [6.45, 7) is 5.60. The normalized spacial score (nSPS) is 19.1. The summed E-state index contributed by atoms with van der Waals surface area (Å²) < 4.78 is 28.2. The minimum absolute atomic E-state index is 0.0342. The molecule has 6 unspecified atom stereocenters. The van der Waals surface area contributed by atoms with Gasteiger partial charge in [-0.1, -0.05) is 199 Å². The molecule has 0 aromatic carbocycles. The molecule has 1 fully saturated rings. The van der Waals surface area contributed by atoms with Gasteiger partial charge in [0, 0.05) is 19.3 Å². The third kappa shape index (κ3) is 41.4. The average molecular weight is 1070 g/mol. The number of aliphatic hydroxyl groups excluding tert-OH is 2. The Hall–Kier alpha value is -5.40. The molecule has 1 saturated heterocycles. The number of carboxylic acid groups (broad SMARTS) is 1. The van der Waals surface area contributed by atoms with Gasteiger partial charge >= 0.3 is 23.9 Å². The number of carbonyl (C=O) groups is 4. The summed E-state index contributed by atoms with van der Waals surface area (Å²) in [6, 6.07) is 0. The van der Waals surface area contributed by atoms with Gasteiger partial charge in [-0.15, -0.1) is 0 Å². The first-order valence-electron chi connectivity index (χ1n) is 28.8. The molecule has 430 valence electrons. The Bertz CT molecular complexity index is 1890. The molecule has 1 aliphatic heterocycles. The van der Waals surface area contributed by atoms with Crippen LogP contribution < -0.4 is 0 Å². The molecule has 1 aliphatic rings. The van der Waals surface area contributed by atoms with Crippen molar-refractivity contribution < 1.29 is 58.2 Å². The number of hydrogen-bond acceptors (Lipinski definition) is 11. The number of aliphatic carboxylic acids is 1. The van der Waals surface area contributed by atoms with E-state index in [-0.39, 0.29) is 25.9 Å². The second-order valence-corrected chi connectivity index (χ2v) is 18.8. The van der Waals surface area contributed by atoms with E-state index in [2.05, 4.69) is 142 Å². The molecule has 0 bridgehead atoms. The molecule has 1 heterocycles.